The summed E-state index contributed by atoms with van der Waals surface area (Å²) < 4.78 is 4.77. The van der Waals surface area contributed by atoms with Gasteiger partial charge in [0.05, 0.1) is 26.2 Å². The van der Waals surface area contributed by atoms with Gasteiger partial charge in [-0.3, -0.25) is 19.6 Å². The number of benzene rings is 4. The highest BCUT2D eigenvalue weighted by Crippen LogP contribution is 2.28. The van der Waals surface area contributed by atoms with Crippen molar-refractivity contribution in [2.75, 3.05) is 0 Å². The summed E-state index contributed by atoms with van der Waals surface area (Å²) in [5.74, 6) is 0.407. The van der Waals surface area contributed by atoms with Gasteiger partial charge in [-0.1, -0.05) is 120 Å². The van der Waals surface area contributed by atoms with Gasteiger partial charge in [-0.15, -0.1) is 0 Å². The second-order valence-corrected chi connectivity index (χ2v) is 11.2. The average molecular weight is 717 g/mol. The number of carbonyl (C=O) groups is 2. The second kappa shape index (κ2) is 18.7. The molecule has 0 bridgehead atoms. The first-order valence-corrected chi connectivity index (χ1v) is 15.7. The van der Waals surface area contributed by atoms with Gasteiger partial charge in [0.25, 0.3) is 0 Å². The van der Waals surface area contributed by atoms with Gasteiger partial charge >= 0.3 is 7.69 Å². The third-order valence-electron chi connectivity index (χ3n) is 6.81. The van der Waals surface area contributed by atoms with E-state index in [1.807, 2.05) is 42.5 Å². The molecule has 2 aromatic heterocycles. The molecule has 0 aliphatic heterocycles. The zero-order valence-corrected chi connectivity index (χ0v) is 28.1. The number of hydrogen-bond acceptors (Lipinski definition) is 8. The molecule has 8 nitrogen and oxygen atoms in total. The number of halogens is 3. The number of ketones is 2. The minimum atomic E-state index is -0.0399. The molecule has 12 heteroatoms. The number of pyridine rings is 2. The van der Waals surface area contributed by atoms with Crippen molar-refractivity contribution in [2.24, 2.45) is 0 Å². The number of carbonyl (C=O) groups excluding carboxylic acids is 2. The van der Waals surface area contributed by atoms with Crippen molar-refractivity contribution in [3.8, 4) is 29.0 Å². The first-order valence-electron chi connectivity index (χ1n) is 14.5. The van der Waals surface area contributed by atoms with Crippen LogP contribution in [0.25, 0.3) is 11.1 Å². The van der Waals surface area contributed by atoms with E-state index in [4.69, 9.17) is 49.7 Å². The van der Waals surface area contributed by atoms with Crippen molar-refractivity contribution in [2.45, 2.75) is 0 Å². The summed E-state index contributed by atoms with van der Waals surface area (Å²) in [6, 6.07) is 35.8. The number of aromatic nitrogens is 2. The van der Waals surface area contributed by atoms with E-state index in [1.165, 1.54) is 18.6 Å². The van der Waals surface area contributed by atoms with Crippen LogP contribution in [-0.4, -0.2) is 34.2 Å². The molecule has 1 radical (unpaired) electrons. The zero-order chi connectivity index (χ0) is 35.9. The Labute approximate surface area is 304 Å². The lowest BCUT2D eigenvalue weighted by Gasteiger charge is -2.06. The normalized spacial score (nSPS) is 9.72. The Morgan fingerprint density at radius 3 is 1.40 bits per heavy atom. The van der Waals surface area contributed by atoms with Gasteiger partial charge in [0.1, 0.15) is 17.9 Å². The van der Waals surface area contributed by atoms with E-state index >= 15 is 0 Å². The summed E-state index contributed by atoms with van der Waals surface area (Å²) in [4.78, 5) is 32.1. The Kier molecular flexibility index (Phi) is 13.8. The number of nitriles is 2. The summed E-state index contributed by atoms with van der Waals surface area (Å²) in [6.45, 7) is 0. The van der Waals surface area contributed by atoms with Crippen LogP contribution in [0.5, 0.6) is 5.75 Å². The molecule has 0 aliphatic carbocycles. The fourth-order valence-electron chi connectivity index (χ4n) is 4.34. The molecule has 6 aromatic rings. The van der Waals surface area contributed by atoms with Crippen molar-refractivity contribution >= 4 is 54.1 Å². The molecular formula is C38H23BCl3N4O4. The maximum Gasteiger partial charge on any atom is 0.569 e. The van der Waals surface area contributed by atoms with E-state index in [1.54, 1.807) is 79.0 Å². The van der Waals surface area contributed by atoms with Crippen LogP contribution in [0, 0.1) is 22.7 Å². The van der Waals surface area contributed by atoms with Crippen molar-refractivity contribution in [3.05, 3.63) is 182 Å². The van der Waals surface area contributed by atoms with Crippen LogP contribution in [0.1, 0.15) is 43.0 Å². The molecule has 50 heavy (non-hydrogen) atoms. The van der Waals surface area contributed by atoms with Crippen molar-refractivity contribution in [1.82, 2.24) is 9.97 Å². The molecule has 0 atom stereocenters. The molecule has 0 saturated carbocycles. The fraction of sp³-hybridized carbons (Fsp3) is 0. The second-order valence-electron chi connectivity index (χ2n) is 9.96. The third-order valence-corrected chi connectivity index (χ3v) is 7.67. The minimum Gasteiger partial charge on any atom is -0.537 e. The zero-order valence-electron chi connectivity index (χ0n) is 25.9. The van der Waals surface area contributed by atoms with Crippen LogP contribution in [0.4, 0.5) is 0 Å². The third kappa shape index (κ3) is 9.87. The molecule has 2 heterocycles. The predicted molar refractivity (Wildman–Crippen MR) is 193 cm³/mol. The van der Waals surface area contributed by atoms with Crippen LogP contribution in [-0.2, 0) is 0 Å². The van der Waals surface area contributed by atoms with Crippen LogP contribution in [0.2, 0.25) is 15.1 Å². The summed E-state index contributed by atoms with van der Waals surface area (Å²) in [5, 5.41) is 27.0. The standard InChI is InChI=1S/C19H11ClN2O.C13H10BO3.C6H2Cl2N2/c20-18-12-22-11-17(16(18)10-21)13-6-8-15(9-7-13)19(23)14-4-2-1-3-5-14;15-13(10-4-2-1-3-5-10)11-6-8-12(9-7-11)17-14-16;7-5-2-10-3-6(8)4(5)1-9/h1-9,11-12H;1-9,16H;2-3H. The molecule has 0 unspecified atom stereocenters. The number of hydrogen-bond donors (Lipinski definition) is 1. The molecule has 243 valence electrons. The summed E-state index contributed by atoms with van der Waals surface area (Å²) in [5.41, 5.74) is 4.56. The lowest BCUT2D eigenvalue weighted by atomic mass is 9.98. The monoisotopic (exact) mass is 715 g/mol. The first kappa shape index (κ1) is 37.0. The van der Waals surface area contributed by atoms with E-state index in [2.05, 4.69) is 16.0 Å². The average Bonchev–Trinajstić information content (AvgIpc) is 3.16. The van der Waals surface area contributed by atoms with Gasteiger partial charge in [-0.25, -0.2) is 0 Å². The van der Waals surface area contributed by atoms with Gasteiger partial charge in [-0.2, -0.15) is 10.5 Å². The lowest BCUT2D eigenvalue weighted by Crippen LogP contribution is -2.02. The van der Waals surface area contributed by atoms with Crippen LogP contribution in [0.3, 0.4) is 0 Å². The number of nitrogens with zero attached hydrogens (tertiary/aromatic N) is 4. The smallest absolute Gasteiger partial charge is 0.537 e. The molecule has 1 N–H and O–H groups in total. The van der Waals surface area contributed by atoms with Crippen LogP contribution < -0.4 is 4.65 Å². The topological polar surface area (TPSA) is 137 Å². The summed E-state index contributed by atoms with van der Waals surface area (Å²) in [7, 11) is 0.605. The molecule has 0 spiro atoms. The molecule has 0 fully saturated rings. The summed E-state index contributed by atoms with van der Waals surface area (Å²) in [6.07, 6.45) is 5.80. The minimum absolute atomic E-state index is 0.0369. The fourth-order valence-corrected chi connectivity index (χ4v) is 4.99. The SMILES string of the molecule is N#Cc1c(Cl)cncc1-c1ccc(C(=O)c2ccccc2)cc1.N#Cc1c(Cl)cncc1Cl.O=C(c1ccccc1)c1ccc(O[B]O)cc1. The predicted octanol–water partition coefficient (Wildman–Crippen LogP) is 8.59. The van der Waals surface area contributed by atoms with Gasteiger partial charge in [0.2, 0.25) is 0 Å². The van der Waals surface area contributed by atoms with Crippen LogP contribution >= 0.6 is 34.8 Å². The Balaban J connectivity index is 0.000000182. The van der Waals surface area contributed by atoms with E-state index in [-0.39, 0.29) is 27.2 Å². The quantitative estimate of drug-likeness (QED) is 0.128. The van der Waals surface area contributed by atoms with Crippen molar-refractivity contribution in [1.29, 1.82) is 10.5 Å². The molecule has 0 aliphatic rings. The Morgan fingerprint density at radius 1 is 0.580 bits per heavy atom. The van der Waals surface area contributed by atoms with Crippen molar-refractivity contribution < 1.29 is 19.3 Å². The van der Waals surface area contributed by atoms with E-state index in [9.17, 15) is 14.9 Å². The van der Waals surface area contributed by atoms with E-state index in [0.717, 1.165) is 5.56 Å². The van der Waals surface area contributed by atoms with Gasteiger partial charge in [0.15, 0.2) is 11.6 Å². The highest BCUT2D eigenvalue weighted by Gasteiger charge is 2.12. The molecular weight excluding hydrogens is 694 g/mol. The molecule has 4 aromatic carbocycles. The first-order chi connectivity index (χ1) is 24.3. The Hall–Kier alpha value is -5.81. The largest absolute Gasteiger partial charge is 0.569 e. The van der Waals surface area contributed by atoms with Gasteiger partial charge in [0, 0.05) is 52.6 Å². The molecule has 0 amide bonds. The van der Waals surface area contributed by atoms with Gasteiger partial charge < -0.3 is 9.68 Å². The van der Waals surface area contributed by atoms with Crippen LogP contribution in [0.15, 0.2) is 134 Å². The van der Waals surface area contributed by atoms with Crippen molar-refractivity contribution in [3.63, 3.8) is 0 Å². The highest BCUT2D eigenvalue weighted by atomic mass is 35.5. The lowest BCUT2D eigenvalue weighted by molar-refractivity contribution is 0.103. The van der Waals surface area contributed by atoms with E-state index in [0.29, 0.717) is 51.8 Å². The Morgan fingerprint density at radius 2 is 0.980 bits per heavy atom. The highest BCUT2D eigenvalue weighted by molar-refractivity contribution is 6.36. The van der Waals surface area contributed by atoms with Gasteiger partial charge in [-0.05, 0) is 29.8 Å². The Bertz CT molecular complexity index is 2140. The number of rotatable bonds is 7. The molecule has 0 saturated heterocycles. The summed E-state index contributed by atoms with van der Waals surface area (Å²) >= 11 is 17.1. The molecule has 6 rings (SSSR count). The maximum atomic E-state index is 12.4. The maximum absolute atomic E-state index is 12.4. The van der Waals surface area contributed by atoms with E-state index < -0.39 is 0 Å².